The quantitative estimate of drug-likeness (QED) is 0.725. The fourth-order valence-corrected chi connectivity index (χ4v) is 3.21. The number of ether oxygens (including phenoxy) is 1. The lowest BCUT2D eigenvalue weighted by atomic mass is 9.90. The van der Waals surface area contributed by atoms with Crippen LogP contribution in [0, 0.1) is 5.92 Å². The van der Waals surface area contributed by atoms with E-state index in [-0.39, 0.29) is 23.4 Å². The Hall–Kier alpha value is -2.36. The van der Waals surface area contributed by atoms with Crippen molar-refractivity contribution in [1.82, 2.24) is 0 Å². The first kappa shape index (κ1) is 16.5. The van der Waals surface area contributed by atoms with Crippen LogP contribution in [0.3, 0.4) is 0 Å². The molecule has 1 aliphatic heterocycles. The third-order valence-corrected chi connectivity index (χ3v) is 4.61. The minimum atomic E-state index is -0.187. The van der Waals surface area contributed by atoms with E-state index in [0.29, 0.717) is 18.1 Å². The minimum Gasteiger partial charge on any atom is -0.508 e. The second-order valence-corrected chi connectivity index (χ2v) is 6.87. The number of hydrogen-bond acceptors (Lipinski definition) is 4. The SMILES string of the molecule is CC(C)CCc1c([C@H]2CCc3ccc(O)cc3O2)ccc(O)c1O. The van der Waals surface area contributed by atoms with Crippen molar-refractivity contribution in [2.45, 2.75) is 45.6 Å². The maximum absolute atomic E-state index is 10.3. The third-order valence-electron chi connectivity index (χ3n) is 4.61. The van der Waals surface area contributed by atoms with Crippen LogP contribution in [-0.2, 0) is 12.8 Å². The molecule has 0 unspecified atom stereocenters. The summed E-state index contributed by atoms with van der Waals surface area (Å²) in [5, 5.41) is 29.8. The minimum absolute atomic E-state index is 0.0431. The van der Waals surface area contributed by atoms with Gasteiger partial charge in [0.2, 0.25) is 0 Å². The molecule has 4 heteroatoms. The molecule has 0 saturated heterocycles. The highest BCUT2D eigenvalue weighted by atomic mass is 16.5. The highest BCUT2D eigenvalue weighted by Gasteiger charge is 2.26. The van der Waals surface area contributed by atoms with Crippen molar-refractivity contribution in [3.63, 3.8) is 0 Å². The van der Waals surface area contributed by atoms with Crippen molar-refractivity contribution in [2.24, 2.45) is 5.92 Å². The van der Waals surface area contributed by atoms with Crippen molar-refractivity contribution in [3.05, 3.63) is 47.0 Å². The van der Waals surface area contributed by atoms with Crippen LogP contribution in [0.5, 0.6) is 23.0 Å². The summed E-state index contributed by atoms with van der Waals surface area (Å²) in [5.41, 5.74) is 2.76. The molecule has 0 fully saturated rings. The summed E-state index contributed by atoms with van der Waals surface area (Å²) < 4.78 is 6.09. The molecule has 24 heavy (non-hydrogen) atoms. The van der Waals surface area contributed by atoms with Gasteiger partial charge in [-0.2, -0.15) is 0 Å². The van der Waals surface area contributed by atoms with Crippen LogP contribution >= 0.6 is 0 Å². The first-order chi connectivity index (χ1) is 11.5. The zero-order valence-corrected chi connectivity index (χ0v) is 14.1. The highest BCUT2D eigenvalue weighted by Crippen LogP contribution is 2.42. The molecular formula is C20H24O4. The zero-order valence-electron chi connectivity index (χ0n) is 14.1. The van der Waals surface area contributed by atoms with Crippen molar-refractivity contribution in [1.29, 1.82) is 0 Å². The summed E-state index contributed by atoms with van der Waals surface area (Å²) in [5.74, 6) is 1.24. The van der Waals surface area contributed by atoms with E-state index in [2.05, 4.69) is 13.8 Å². The topological polar surface area (TPSA) is 69.9 Å². The summed E-state index contributed by atoms with van der Waals surface area (Å²) in [6.45, 7) is 4.27. The number of phenols is 3. The Kier molecular flexibility index (Phi) is 4.56. The Bertz CT molecular complexity index is 737. The highest BCUT2D eigenvalue weighted by molar-refractivity contribution is 5.51. The lowest BCUT2D eigenvalue weighted by Gasteiger charge is -2.28. The second kappa shape index (κ2) is 6.63. The van der Waals surface area contributed by atoms with Crippen LogP contribution in [0.1, 0.15) is 49.5 Å². The summed E-state index contributed by atoms with van der Waals surface area (Å²) in [6, 6.07) is 8.54. The number of benzene rings is 2. The van der Waals surface area contributed by atoms with Gasteiger partial charge in [-0.1, -0.05) is 26.0 Å². The molecule has 128 valence electrons. The predicted octanol–water partition coefficient (Wildman–Crippen LogP) is 4.46. The Morgan fingerprint density at radius 2 is 1.92 bits per heavy atom. The predicted molar refractivity (Wildman–Crippen MR) is 92.7 cm³/mol. The summed E-state index contributed by atoms with van der Waals surface area (Å²) in [7, 11) is 0. The van der Waals surface area contributed by atoms with E-state index in [1.54, 1.807) is 12.1 Å². The van der Waals surface area contributed by atoms with Gasteiger partial charge in [-0.25, -0.2) is 0 Å². The van der Waals surface area contributed by atoms with E-state index in [1.165, 1.54) is 6.07 Å². The van der Waals surface area contributed by atoms with Gasteiger partial charge in [0.15, 0.2) is 11.5 Å². The molecule has 0 amide bonds. The normalized spacial score (nSPS) is 16.7. The van der Waals surface area contributed by atoms with Gasteiger partial charge in [0, 0.05) is 11.6 Å². The summed E-state index contributed by atoms with van der Waals surface area (Å²) >= 11 is 0. The van der Waals surface area contributed by atoms with E-state index in [1.807, 2.05) is 12.1 Å². The number of fused-ring (bicyclic) bond motifs is 1. The fourth-order valence-electron chi connectivity index (χ4n) is 3.21. The molecule has 0 spiro atoms. The average molecular weight is 328 g/mol. The number of rotatable bonds is 4. The number of aromatic hydroxyl groups is 3. The molecule has 1 heterocycles. The molecule has 2 aromatic rings. The number of aryl methyl sites for hydroxylation is 1. The zero-order chi connectivity index (χ0) is 17.3. The van der Waals surface area contributed by atoms with Gasteiger partial charge in [-0.05, 0) is 54.9 Å². The molecule has 1 aliphatic rings. The molecule has 0 aliphatic carbocycles. The van der Waals surface area contributed by atoms with E-state index in [4.69, 9.17) is 4.74 Å². The molecule has 2 aromatic carbocycles. The first-order valence-corrected chi connectivity index (χ1v) is 8.48. The molecule has 3 rings (SSSR count). The van der Waals surface area contributed by atoms with Gasteiger partial charge in [0.1, 0.15) is 17.6 Å². The van der Waals surface area contributed by atoms with Gasteiger partial charge in [-0.3, -0.25) is 0 Å². The maximum Gasteiger partial charge on any atom is 0.161 e. The molecule has 3 N–H and O–H groups in total. The van der Waals surface area contributed by atoms with Gasteiger partial charge >= 0.3 is 0 Å². The van der Waals surface area contributed by atoms with Crippen LogP contribution in [0.4, 0.5) is 0 Å². The smallest absolute Gasteiger partial charge is 0.161 e. The van der Waals surface area contributed by atoms with Crippen LogP contribution in [0.15, 0.2) is 30.3 Å². The van der Waals surface area contributed by atoms with Crippen molar-refractivity contribution in [2.75, 3.05) is 0 Å². The van der Waals surface area contributed by atoms with Crippen LogP contribution < -0.4 is 4.74 Å². The Balaban J connectivity index is 1.93. The summed E-state index contributed by atoms with van der Waals surface area (Å²) in [4.78, 5) is 0. The lowest BCUT2D eigenvalue weighted by Crippen LogP contribution is -2.17. The molecular weight excluding hydrogens is 304 g/mol. The number of hydrogen-bond donors (Lipinski definition) is 3. The van der Waals surface area contributed by atoms with Crippen molar-refractivity contribution >= 4 is 0 Å². The molecule has 4 nitrogen and oxygen atoms in total. The molecule has 1 atom stereocenters. The Labute approximate surface area is 142 Å². The van der Waals surface area contributed by atoms with E-state index in [9.17, 15) is 15.3 Å². The fraction of sp³-hybridized carbons (Fsp3) is 0.400. The largest absolute Gasteiger partial charge is 0.508 e. The van der Waals surface area contributed by atoms with Gasteiger partial charge in [0.25, 0.3) is 0 Å². The summed E-state index contributed by atoms with van der Waals surface area (Å²) in [6.07, 6.45) is 3.09. The van der Waals surface area contributed by atoms with Gasteiger partial charge in [-0.15, -0.1) is 0 Å². The third kappa shape index (κ3) is 3.28. The Morgan fingerprint density at radius 3 is 2.67 bits per heavy atom. The number of phenolic OH excluding ortho intramolecular Hbond substituents is 3. The molecule has 0 saturated carbocycles. The maximum atomic E-state index is 10.3. The van der Waals surface area contributed by atoms with Crippen molar-refractivity contribution in [3.8, 4) is 23.0 Å². The van der Waals surface area contributed by atoms with Crippen LogP contribution in [0.25, 0.3) is 0 Å². The first-order valence-electron chi connectivity index (χ1n) is 8.48. The van der Waals surface area contributed by atoms with Gasteiger partial charge in [0.05, 0.1) is 0 Å². The van der Waals surface area contributed by atoms with Crippen LogP contribution in [0.2, 0.25) is 0 Å². The van der Waals surface area contributed by atoms with Crippen LogP contribution in [-0.4, -0.2) is 15.3 Å². The van der Waals surface area contributed by atoms with Crippen molar-refractivity contribution < 1.29 is 20.1 Å². The Morgan fingerprint density at radius 1 is 1.12 bits per heavy atom. The molecule has 0 bridgehead atoms. The molecule has 0 radical (unpaired) electrons. The van der Waals surface area contributed by atoms with E-state index in [0.717, 1.165) is 36.0 Å². The average Bonchev–Trinajstić information content (AvgIpc) is 2.55. The molecule has 0 aromatic heterocycles. The van der Waals surface area contributed by atoms with E-state index >= 15 is 0 Å². The lowest BCUT2D eigenvalue weighted by molar-refractivity contribution is 0.174. The monoisotopic (exact) mass is 328 g/mol. The second-order valence-electron chi connectivity index (χ2n) is 6.87. The van der Waals surface area contributed by atoms with E-state index < -0.39 is 0 Å². The van der Waals surface area contributed by atoms with Gasteiger partial charge < -0.3 is 20.1 Å². The standard InChI is InChI=1S/C20H24O4/c1-12(2)3-7-16-15(8-9-17(22)20(16)23)18-10-5-13-4-6-14(21)11-19(13)24-18/h4,6,8-9,11-12,18,21-23H,3,5,7,10H2,1-2H3/t18-/m1/s1.